The second-order valence-corrected chi connectivity index (χ2v) is 3.48. The average molecular weight is 213 g/mol. The number of alkyl halides is 2. The molecule has 0 radical (unpaired) electrons. The molecule has 4 nitrogen and oxygen atoms in total. The summed E-state index contributed by atoms with van der Waals surface area (Å²) in [4.78, 5) is 16.0. The van der Waals surface area contributed by atoms with Crippen LogP contribution in [-0.4, -0.2) is 29.9 Å². The summed E-state index contributed by atoms with van der Waals surface area (Å²) in [5, 5.41) is 0. The van der Waals surface area contributed by atoms with Crippen molar-refractivity contribution in [2.45, 2.75) is 5.92 Å². The number of nitrogens with zero attached hydrogens (tertiary/aromatic N) is 2. The van der Waals surface area contributed by atoms with Crippen molar-refractivity contribution >= 4 is 11.7 Å². The number of amides is 1. The van der Waals surface area contributed by atoms with Gasteiger partial charge in [0.15, 0.2) is 0 Å². The van der Waals surface area contributed by atoms with Crippen LogP contribution >= 0.6 is 0 Å². The minimum atomic E-state index is -2.62. The summed E-state index contributed by atoms with van der Waals surface area (Å²) >= 11 is 0. The molecule has 2 rings (SSSR count). The topological polar surface area (TPSA) is 59.2 Å². The summed E-state index contributed by atoms with van der Waals surface area (Å²) in [6, 6.07) is 2.98. The van der Waals surface area contributed by atoms with E-state index in [1.54, 1.807) is 0 Å². The molecule has 0 bridgehead atoms. The lowest BCUT2D eigenvalue weighted by Crippen LogP contribution is -2.56. The molecule has 80 valence electrons. The number of halogens is 2. The zero-order chi connectivity index (χ0) is 11.1. The van der Waals surface area contributed by atoms with Crippen molar-refractivity contribution in [2.24, 2.45) is 5.73 Å². The molecule has 1 fully saturated rings. The van der Waals surface area contributed by atoms with Crippen molar-refractivity contribution in [2.75, 3.05) is 18.0 Å². The molecule has 15 heavy (non-hydrogen) atoms. The summed E-state index contributed by atoms with van der Waals surface area (Å²) in [6.45, 7) is -0.647. The molecule has 1 aliphatic heterocycles. The number of pyridine rings is 1. The largest absolute Gasteiger partial charge is 0.366 e. The van der Waals surface area contributed by atoms with Crippen molar-refractivity contribution in [3.63, 3.8) is 0 Å². The lowest BCUT2D eigenvalue weighted by Gasteiger charge is -2.39. The van der Waals surface area contributed by atoms with Gasteiger partial charge in [-0.25, -0.2) is 13.8 Å². The predicted octanol–water partition coefficient (Wildman–Crippen LogP) is 0.636. The summed E-state index contributed by atoms with van der Waals surface area (Å²) in [5.74, 6) is -2.77. The first-order valence-corrected chi connectivity index (χ1v) is 4.37. The third-order valence-electron chi connectivity index (χ3n) is 2.20. The molecule has 0 unspecified atom stereocenters. The van der Waals surface area contributed by atoms with Crippen LogP contribution in [0, 0.1) is 0 Å². The number of hydrogen-bond acceptors (Lipinski definition) is 3. The normalized spacial score (nSPS) is 18.4. The summed E-state index contributed by atoms with van der Waals surface area (Å²) in [5.41, 5.74) is 5.29. The molecule has 2 N–H and O–H groups in total. The Hall–Kier alpha value is -1.72. The number of carbonyl (C=O) groups excluding carboxylic acids is 1. The van der Waals surface area contributed by atoms with E-state index in [-0.39, 0.29) is 18.7 Å². The molecule has 6 heteroatoms. The predicted molar refractivity (Wildman–Crippen MR) is 49.9 cm³/mol. The van der Waals surface area contributed by atoms with Crippen LogP contribution in [0.3, 0.4) is 0 Å². The van der Waals surface area contributed by atoms with E-state index in [1.807, 2.05) is 0 Å². The third kappa shape index (κ3) is 1.88. The zero-order valence-electron chi connectivity index (χ0n) is 7.78. The van der Waals surface area contributed by atoms with E-state index >= 15 is 0 Å². The number of nitrogens with two attached hydrogens (primary N) is 1. The van der Waals surface area contributed by atoms with E-state index in [2.05, 4.69) is 4.98 Å². The van der Waals surface area contributed by atoms with Crippen LogP contribution in [0.5, 0.6) is 0 Å². The van der Waals surface area contributed by atoms with Crippen molar-refractivity contribution in [3.05, 3.63) is 23.9 Å². The summed E-state index contributed by atoms with van der Waals surface area (Å²) < 4.78 is 25.1. The lowest BCUT2D eigenvalue weighted by molar-refractivity contribution is -0.0267. The van der Waals surface area contributed by atoms with Gasteiger partial charge < -0.3 is 10.6 Å². The lowest BCUT2D eigenvalue weighted by atomic mass is 10.1. The molecule has 1 amide bonds. The summed E-state index contributed by atoms with van der Waals surface area (Å²) in [7, 11) is 0. The molecular formula is C9H9F2N3O. The van der Waals surface area contributed by atoms with Gasteiger partial charge in [0, 0.05) is 6.20 Å². The smallest absolute Gasteiger partial charge is 0.282 e. The highest BCUT2D eigenvalue weighted by atomic mass is 19.3. The van der Waals surface area contributed by atoms with Crippen LogP contribution < -0.4 is 10.6 Å². The van der Waals surface area contributed by atoms with E-state index in [9.17, 15) is 13.6 Å². The SMILES string of the molecule is NC(=O)c1ccc(N2CC(F)(F)C2)nc1. The molecule has 1 saturated heterocycles. The maximum atomic E-state index is 12.5. The Morgan fingerprint density at radius 3 is 2.53 bits per heavy atom. The van der Waals surface area contributed by atoms with Gasteiger partial charge in [0.25, 0.3) is 5.92 Å². The maximum absolute atomic E-state index is 12.5. The van der Waals surface area contributed by atoms with E-state index in [1.165, 1.54) is 23.2 Å². The van der Waals surface area contributed by atoms with Crippen molar-refractivity contribution in [3.8, 4) is 0 Å². The van der Waals surface area contributed by atoms with Crippen LogP contribution in [0.25, 0.3) is 0 Å². The number of rotatable bonds is 2. The standard InChI is InChI=1S/C9H9F2N3O/c10-9(11)4-14(5-9)7-2-1-6(3-13-7)8(12)15/h1-3H,4-5H2,(H2,12,15). The molecule has 1 aromatic rings. The minimum Gasteiger partial charge on any atom is -0.366 e. The van der Waals surface area contributed by atoms with Crippen molar-refractivity contribution in [1.82, 2.24) is 4.98 Å². The number of carbonyl (C=O) groups is 1. The van der Waals surface area contributed by atoms with Gasteiger partial charge in [-0.05, 0) is 12.1 Å². The van der Waals surface area contributed by atoms with Crippen LogP contribution in [0.2, 0.25) is 0 Å². The average Bonchev–Trinajstić information content (AvgIpc) is 2.14. The van der Waals surface area contributed by atoms with Crippen LogP contribution in [0.1, 0.15) is 10.4 Å². The highest BCUT2D eigenvalue weighted by Crippen LogP contribution is 2.30. The maximum Gasteiger partial charge on any atom is 0.282 e. The highest BCUT2D eigenvalue weighted by molar-refractivity contribution is 5.92. The van der Waals surface area contributed by atoms with Gasteiger partial charge in [0.2, 0.25) is 5.91 Å². The second-order valence-electron chi connectivity index (χ2n) is 3.48. The first kappa shape index (κ1) is 9.82. The summed E-state index contributed by atoms with van der Waals surface area (Å²) in [6.07, 6.45) is 1.29. The Morgan fingerprint density at radius 2 is 2.13 bits per heavy atom. The second kappa shape index (κ2) is 3.15. The Bertz CT molecular complexity index is 383. The van der Waals surface area contributed by atoms with Crippen LogP contribution in [-0.2, 0) is 0 Å². The third-order valence-corrected chi connectivity index (χ3v) is 2.20. The quantitative estimate of drug-likeness (QED) is 0.784. The number of anilines is 1. The van der Waals surface area contributed by atoms with E-state index < -0.39 is 11.8 Å². The monoisotopic (exact) mass is 213 g/mol. The van der Waals surface area contributed by atoms with Gasteiger partial charge in [-0.1, -0.05) is 0 Å². The molecule has 0 saturated carbocycles. The molecule has 1 aliphatic rings. The molecule has 0 atom stereocenters. The van der Waals surface area contributed by atoms with Gasteiger partial charge >= 0.3 is 0 Å². The van der Waals surface area contributed by atoms with Crippen LogP contribution in [0.15, 0.2) is 18.3 Å². The zero-order valence-corrected chi connectivity index (χ0v) is 7.78. The molecule has 0 aliphatic carbocycles. The van der Waals surface area contributed by atoms with E-state index in [4.69, 9.17) is 5.73 Å². The van der Waals surface area contributed by atoms with E-state index in [0.717, 1.165) is 0 Å². The van der Waals surface area contributed by atoms with Gasteiger partial charge in [0.05, 0.1) is 18.7 Å². The first-order chi connectivity index (χ1) is 6.98. The van der Waals surface area contributed by atoms with Gasteiger partial charge in [-0.3, -0.25) is 4.79 Å². The molecule has 0 spiro atoms. The van der Waals surface area contributed by atoms with E-state index in [0.29, 0.717) is 5.82 Å². The highest BCUT2D eigenvalue weighted by Gasteiger charge is 2.44. The number of aromatic nitrogens is 1. The molecule has 1 aromatic heterocycles. The number of hydrogen-bond donors (Lipinski definition) is 1. The minimum absolute atomic E-state index is 0.269. The Balaban J connectivity index is 2.09. The molecular weight excluding hydrogens is 204 g/mol. The van der Waals surface area contributed by atoms with Gasteiger partial charge in [0.1, 0.15) is 5.82 Å². The first-order valence-electron chi connectivity index (χ1n) is 4.37. The Labute approximate surface area is 84.7 Å². The van der Waals surface area contributed by atoms with Crippen molar-refractivity contribution in [1.29, 1.82) is 0 Å². The van der Waals surface area contributed by atoms with Crippen LogP contribution in [0.4, 0.5) is 14.6 Å². The Kier molecular flexibility index (Phi) is 2.06. The van der Waals surface area contributed by atoms with Gasteiger partial charge in [-0.15, -0.1) is 0 Å². The van der Waals surface area contributed by atoms with Gasteiger partial charge in [-0.2, -0.15) is 0 Å². The molecule has 2 heterocycles. The fourth-order valence-corrected chi connectivity index (χ4v) is 1.39. The van der Waals surface area contributed by atoms with Crippen molar-refractivity contribution < 1.29 is 13.6 Å². The fourth-order valence-electron chi connectivity index (χ4n) is 1.39. The number of primary amides is 1. The Morgan fingerprint density at radius 1 is 1.47 bits per heavy atom. The fraction of sp³-hybridized carbons (Fsp3) is 0.333. The molecule has 0 aromatic carbocycles.